The number of ether oxygens (including phenoxy) is 1. The lowest BCUT2D eigenvalue weighted by Crippen LogP contribution is -3.06. The van der Waals surface area contributed by atoms with Crippen molar-refractivity contribution < 1.29 is 18.8 Å². The standard InChI is InChI=1S/C22H21ClN2O4/c1-24(2)9-10-25-19(13-5-4-6-14(23)11-13)18-20(26)16-8-7-15(28-3)12-17(16)29-21(18)22(25)27/h4-8,11-12,19H,9-10H2,1-3H3/p+1/t19-/m0/s1. The molecule has 4 rings (SSSR count). The molecule has 6 nitrogen and oxygen atoms in total. The van der Waals surface area contributed by atoms with E-state index in [1.807, 2.05) is 26.2 Å². The second-order valence-corrected chi connectivity index (χ2v) is 7.89. The van der Waals surface area contributed by atoms with Gasteiger partial charge in [0.25, 0.3) is 5.91 Å². The van der Waals surface area contributed by atoms with Gasteiger partial charge in [0.15, 0.2) is 5.43 Å². The van der Waals surface area contributed by atoms with Crippen molar-refractivity contribution >= 4 is 28.5 Å². The molecule has 2 aromatic carbocycles. The van der Waals surface area contributed by atoms with Crippen molar-refractivity contribution in [2.24, 2.45) is 0 Å². The zero-order valence-corrected chi connectivity index (χ0v) is 17.2. The summed E-state index contributed by atoms with van der Waals surface area (Å²) in [4.78, 5) is 29.5. The van der Waals surface area contributed by atoms with Gasteiger partial charge in [-0.15, -0.1) is 0 Å². The molecule has 0 unspecified atom stereocenters. The summed E-state index contributed by atoms with van der Waals surface area (Å²) in [6.07, 6.45) is 0. The molecule has 0 saturated carbocycles. The summed E-state index contributed by atoms with van der Waals surface area (Å²) >= 11 is 6.21. The Balaban J connectivity index is 1.94. The summed E-state index contributed by atoms with van der Waals surface area (Å²) in [6, 6.07) is 11.8. The molecule has 0 aliphatic carbocycles. The van der Waals surface area contributed by atoms with E-state index in [4.69, 9.17) is 20.8 Å². The normalized spacial score (nSPS) is 16.0. The van der Waals surface area contributed by atoms with Crippen molar-refractivity contribution in [1.29, 1.82) is 0 Å². The van der Waals surface area contributed by atoms with E-state index in [0.717, 1.165) is 12.1 Å². The Morgan fingerprint density at radius 1 is 1.17 bits per heavy atom. The molecule has 1 aliphatic rings. The lowest BCUT2D eigenvalue weighted by atomic mass is 9.98. The molecular formula is C22H22ClN2O4+. The SMILES string of the molecule is COc1ccc2c(=O)c3c(oc2c1)C(=O)N(CC[NH+](C)C)[C@H]3c1cccc(Cl)c1. The molecule has 0 saturated heterocycles. The van der Waals surface area contributed by atoms with E-state index in [1.54, 1.807) is 35.2 Å². The first kappa shape index (κ1) is 19.5. The fourth-order valence-electron chi connectivity index (χ4n) is 3.72. The maximum Gasteiger partial charge on any atom is 0.291 e. The van der Waals surface area contributed by atoms with Gasteiger partial charge in [0.1, 0.15) is 11.3 Å². The molecule has 29 heavy (non-hydrogen) atoms. The van der Waals surface area contributed by atoms with E-state index in [-0.39, 0.29) is 17.1 Å². The Hall–Kier alpha value is -2.83. The number of carbonyl (C=O) groups excluding carboxylic acids is 1. The summed E-state index contributed by atoms with van der Waals surface area (Å²) in [5, 5.41) is 0.973. The zero-order chi connectivity index (χ0) is 20.7. The largest absolute Gasteiger partial charge is 0.497 e. The van der Waals surface area contributed by atoms with Gasteiger partial charge in [0.2, 0.25) is 5.76 Å². The lowest BCUT2D eigenvalue weighted by Gasteiger charge is -2.25. The van der Waals surface area contributed by atoms with Gasteiger partial charge in [-0.2, -0.15) is 0 Å². The van der Waals surface area contributed by atoms with Gasteiger partial charge in [-0.05, 0) is 29.8 Å². The highest BCUT2D eigenvalue weighted by Gasteiger charge is 2.42. The highest BCUT2D eigenvalue weighted by Crippen LogP contribution is 2.38. The number of amides is 1. The van der Waals surface area contributed by atoms with Gasteiger partial charge in [0.05, 0.1) is 51.3 Å². The lowest BCUT2D eigenvalue weighted by molar-refractivity contribution is -0.857. The van der Waals surface area contributed by atoms with Crippen LogP contribution in [0.15, 0.2) is 51.7 Å². The first-order valence-corrected chi connectivity index (χ1v) is 9.78. The summed E-state index contributed by atoms with van der Waals surface area (Å²) in [5.74, 6) is 0.369. The molecule has 1 N–H and O–H groups in total. The van der Waals surface area contributed by atoms with Crippen molar-refractivity contribution in [3.63, 3.8) is 0 Å². The minimum atomic E-state index is -0.529. The fraction of sp³-hybridized carbons (Fsp3) is 0.273. The molecule has 1 atom stereocenters. The first-order valence-electron chi connectivity index (χ1n) is 9.41. The number of fused-ring (bicyclic) bond motifs is 2. The van der Waals surface area contributed by atoms with Gasteiger partial charge in [-0.1, -0.05) is 23.7 Å². The first-order chi connectivity index (χ1) is 13.9. The Morgan fingerprint density at radius 2 is 1.97 bits per heavy atom. The van der Waals surface area contributed by atoms with Gasteiger partial charge >= 0.3 is 0 Å². The van der Waals surface area contributed by atoms with Crippen LogP contribution in [0.2, 0.25) is 5.02 Å². The van der Waals surface area contributed by atoms with Crippen molar-refractivity contribution in [1.82, 2.24) is 4.90 Å². The van der Waals surface area contributed by atoms with Crippen molar-refractivity contribution in [2.75, 3.05) is 34.3 Å². The predicted octanol–water partition coefficient (Wildman–Crippen LogP) is 2.14. The summed E-state index contributed by atoms with van der Waals surface area (Å²) in [5.41, 5.74) is 1.29. The van der Waals surface area contributed by atoms with Crippen molar-refractivity contribution in [3.05, 3.63) is 74.6 Å². The molecule has 2 heterocycles. The number of quaternary nitrogens is 1. The fourth-order valence-corrected chi connectivity index (χ4v) is 3.92. The van der Waals surface area contributed by atoms with E-state index in [1.165, 1.54) is 12.0 Å². The second kappa shape index (κ2) is 7.54. The zero-order valence-electron chi connectivity index (χ0n) is 16.5. The average molecular weight is 414 g/mol. The van der Waals surface area contributed by atoms with Crippen LogP contribution in [0, 0.1) is 0 Å². The van der Waals surface area contributed by atoms with Crippen molar-refractivity contribution in [2.45, 2.75) is 6.04 Å². The summed E-state index contributed by atoms with van der Waals surface area (Å²) in [7, 11) is 5.58. The molecule has 0 bridgehead atoms. The molecular weight excluding hydrogens is 392 g/mol. The third-order valence-corrected chi connectivity index (χ3v) is 5.43. The number of methoxy groups -OCH3 is 1. The van der Waals surface area contributed by atoms with Crippen LogP contribution < -0.4 is 15.1 Å². The second-order valence-electron chi connectivity index (χ2n) is 7.45. The van der Waals surface area contributed by atoms with E-state index in [2.05, 4.69) is 0 Å². The molecule has 3 aromatic rings. The monoisotopic (exact) mass is 413 g/mol. The van der Waals surface area contributed by atoms with Gasteiger partial charge in [-0.3, -0.25) is 9.59 Å². The van der Waals surface area contributed by atoms with Crippen LogP contribution in [-0.2, 0) is 0 Å². The number of halogens is 1. The molecule has 1 aliphatic heterocycles. The number of nitrogens with one attached hydrogen (secondary N) is 1. The van der Waals surface area contributed by atoms with Crippen LogP contribution >= 0.6 is 11.6 Å². The highest BCUT2D eigenvalue weighted by atomic mass is 35.5. The van der Waals surface area contributed by atoms with Crippen LogP contribution in [0.3, 0.4) is 0 Å². The Morgan fingerprint density at radius 3 is 2.66 bits per heavy atom. The Kier molecular flexibility index (Phi) is 5.06. The number of likely N-dealkylation sites (N-methyl/N-ethyl adjacent to an activating group) is 1. The van der Waals surface area contributed by atoms with Crippen LogP contribution in [0.4, 0.5) is 0 Å². The maximum absolute atomic E-state index is 13.4. The minimum absolute atomic E-state index is 0.0921. The van der Waals surface area contributed by atoms with E-state index >= 15 is 0 Å². The Bertz CT molecular complexity index is 1160. The third-order valence-electron chi connectivity index (χ3n) is 5.19. The van der Waals surface area contributed by atoms with Crippen LogP contribution in [-0.4, -0.2) is 45.1 Å². The smallest absolute Gasteiger partial charge is 0.291 e. The molecule has 150 valence electrons. The maximum atomic E-state index is 13.4. The van der Waals surface area contributed by atoms with Crippen LogP contribution in [0.5, 0.6) is 5.75 Å². The van der Waals surface area contributed by atoms with E-state index in [9.17, 15) is 9.59 Å². The average Bonchev–Trinajstić information content (AvgIpc) is 2.98. The molecule has 0 radical (unpaired) electrons. The number of nitrogens with zero attached hydrogens (tertiary/aromatic N) is 1. The Labute approximate surface area is 173 Å². The number of rotatable bonds is 5. The van der Waals surface area contributed by atoms with Crippen LogP contribution in [0.25, 0.3) is 11.0 Å². The topological polar surface area (TPSA) is 64.2 Å². The van der Waals surface area contributed by atoms with Gasteiger partial charge in [0, 0.05) is 11.1 Å². The van der Waals surface area contributed by atoms with E-state index < -0.39 is 6.04 Å². The predicted molar refractivity (Wildman–Crippen MR) is 111 cm³/mol. The number of hydrogen-bond acceptors (Lipinski definition) is 4. The molecule has 1 amide bonds. The van der Waals surface area contributed by atoms with Gasteiger partial charge < -0.3 is 19.0 Å². The molecule has 0 spiro atoms. The molecule has 7 heteroatoms. The summed E-state index contributed by atoms with van der Waals surface area (Å²) in [6.45, 7) is 1.22. The molecule has 1 aromatic heterocycles. The molecule has 0 fully saturated rings. The van der Waals surface area contributed by atoms with E-state index in [0.29, 0.717) is 33.8 Å². The minimum Gasteiger partial charge on any atom is -0.497 e. The third kappa shape index (κ3) is 3.39. The quantitative estimate of drug-likeness (QED) is 0.696. The summed E-state index contributed by atoms with van der Waals surface area (Å²) < 4.78 is 11.2. The van der Waals surface area contributed by atoms with Gasteiger partial charge in [-0.25, -0.2) is 0 Å². The number of benzene rings is 2. The van der Waals surface area contributed by atoms with Crippen LogP contribution in [0.1, 0.15) is 27.7 Å². The highest BCUT2D eigenvalue weighted by molar-refractivity contribution is 6.30. The number of carbonyl (C=O) groups is 1. The number of hydrogen-bond donors (Lipinski definition) is 1. The van der Waals surface area contributed by atoms with Crippen molar-refractivity contribution in [3.8, 4) is 5.75 Å².